The number of methoxy groups -OCH3 is 1. The van der Waals surface area contributed by atoms with Gasteiger partial charge in [0.05, 0.1) is 24.5 Å². The number of amides is 1. The van der Waals surface area contributed by atoms with Crippen molar-refractivity contribution in [3.05, 3.63) is 52.0 Å². The normalized spacial score (nSPS) is 11.2. The van der Waals surface area contributed by atoms with E-state index in [9.17, 15) is 9.90 Å². The van der Waals surface area contributed by atoms with Crippen LogP contribution in [0.5, 0.6) is 17.2 Å². The molecule has 0 aliphatic carbocycles. The summed E-state index contributed by atoms with van der Waals surface area (Å²) >= 11 is 11.8. The van der Waals surface area contributed by atoms with Crippen molar-refractivity contribution in [3.63, 3.8) is 0 Å². The molecule has 0 aliphatic heterocycles. The second-order valence-electron chi connectivity index (χ2n) is 5.65. The molecule has 27 heavy (non-hydrogen) atoms. The van der Waals surface area contributed by atoms with E-state index in [-0.39, 0.29) is 18.1 Å². The Balaban J connectivity index is 1.79. The molecule has 144 valence electrons. The van der Waals surface area contributed by atoms with Crippen molar-refractivity contribution in [3.8, 4) is 17.2 Å². The number of carbonyl (C=O) groups is 1. The van der Waals surface area contributed by atoms with Gasteiger partial charge < -0.3 is 14.6 Å². The van der Waals surface area contributed by atoms with Crippen LogP contribution in [0.3, 0.4) is 0 Å². The Labute approximate surface area is 167 Å². The zero-order valence-electron chi connectivity index (χ0n) is 15.0. The van der Waals surface area contributed by atoms with Crippen molar-refractivity contribution in [1.29, 1.82) is 0 Å². The number of nitrogens with zero attached hydrogens (tertiary/aromatic N) is 1. The van der Waals surface area contributed by atoms with Crippen LogP contribution in [0.25, 0.3) is 0 Å². The molecule has 6 nitrogen and oxygen atoms in total. The van der Waals surface area contributed by atoms with E-state index in [1.807, 2.05) is 0 Å². The summed E-state index contributed by atoms with van der Waals surface area (Å²) in [5, 5.41) is 14.6. The Morgan fingerprint density at radius 2 is 1.96 bits per heavy atom. The number of benzene rings is 2. The van der Waals surface area contributed by atoms with Gasteiger partial charge in [-0.05, 0) is 49.7 Å². The maximum absolute atomic E-state index is 11.9. The minimum atomic E-state index is -0.231. The minimum absolute atomic E-state index is 0.0406. The van der Waals surface area contributed by atoms with Crippen LogP contribution in [0, 0.1) is 0 Å². The van der Waals surface area contributed by atoms with Gasteiger partial charge in [0.2, 0.25) is 5.91 Å². The van der Waals surface area contributed by atoms with Gasteiger partial charge in [0, 0.05) is 17.0 Å². The molecule has 0 unspecified atom stereocenters. The number of nitrogens with one attached hydrogen (secondary N) is 1. The molecule has 0 radical (unpaired) electrons. The summed E-state index contributed by atoms with van der Waals surface area (Å²) in [7, 11) is 1.46. The van der Waals surface area contributed by atoms with E-state index in [0.29, 0.717) is 40.3 Å². The maximum Gasteiger partial charge on any atom is 0.240 e. The number of hydrogen-bond acceptors (Lipinski definition) is 5. The summed E-state index contributed by atoms with van der Waals surface area (Å²) < 4.78 is 10.6. The fourth-order valence-corrected chi connectivity index (χ4v) is 2.64. The van der Waals surface area contributed by atoms with Crippen molar-refractivity contribution < 1.29 is 19.4 Å². The molecule has 2 rings (SSSR count). The molecular weight excluding hydrogens is 391 g/mol. The second kappa shape index (κ2) is 10.0. The van der Waals surface area contributed by atoms with E-state index in [0.717, 1.165) is 5.56 Å². The largest absolute Gasteiger partial charge is 0.504 e. The average molecular weight is 411 g/mol. The third-order valence-electron chi connectivity index (χ3n) is 3.65. The minimum Gasteiger partial charge on any atom is -0.504 e. The van der Waals surface area contributed by atoms with Gasteiger partial charge in [0.25, 0.3) is 0 Å². The average Bonchev–Trinajstić information content (AvgIpc) is 2.65. The highest BCUT2D eigenvalue weighted by atomic mass is 35.5. The van der Waals surface area contributed by atoms with Crippen molar-refractivity contribution in [2.24, 2.45) is 5.10 Å². The predicted octanol–water partition coefficient (Wildman–Crippen LogP) is 4.41. The zero-order chi connectivity index (χ0) is 19.8. The molecule has 2 aromatic rings. The summed E-state index contributed by atoms with van der Waals surface area (Å²) in [5.41, 5.74) is 3.81. The van der Waals surface area contributed by atoms with E-state index in [2.05, 4.69) is 10.5 Å². The highest BCUT2D eigenvalue weighted by molar-refractivity contribution is 6.35. The van der Waals surface area contributed by atoms with Crippen molar-refractivity contribution in [2.75, 3.05) is 13.7 Å². The van der Waals surface area contributed by atoms with E-state index in [1.54, 1.807) is 37.3 Å². The number of phenols is 1. The SMILES string of the molecule is COc1cc(C(C)=NNC(=O)CCCOc2ccc(Cl)cc2Cl)ccc1O. The maximum atomic E-state index is 11.9. The third kappa shape index (κ3) is 6.34. The highest BCUT2D eigenvalue weighted by Gasteiger charge is 2.07. The summed E-state index contributed by atoms with van der Waals surface area (Å²) in [6, 6.07) is 9.81. The number of aromatic hydroxyl groups is 1. The molecule has 0 bridgehead atoms. The number of carbonyl (C=O) groups excluding carboxylic acids is 1. The molecular formula is C19H20Cl2N2O4. The summed E-state index contributed by atoms with van der Waals surface area (Å²) in [4.78, 5) is 11.9. The Hall–Kier alpha value is -2.44. The van der Waals surface area contributed by atoms with Crippen LogP contribution in [-0.2, 0) is 4.79 Å². The molecule has 0 fully saturated rings. The first-order chi connectivity index (χ1) is 12.9. The monoisotopic (exact) mass is 410 g/mol. The highest BCUT2D eigenvalue weighted by Crippen LogP contribution is 2.28. The van der Waals surface area contributed by atoms with Crippen LogP contribution in [0.4, 0.5) is 0 Å². The molecule has 2 aromatic carbocycles. The summed E-state index contributed by atoms with van der Waals surface area (Å²) in [6.45, 7) is 2.09. The van der Waals surface area contributed by atoms with Crippen LogP contribution >= 0.6 is 23.2 Å². The van der Waals surface area contributed by atoms with Crippen molar-refractivity contribution in [2.45, 2.75) is 19.8 Å². The molecule has 8 heteroatoms. The van der Waals surface area contributed by atoms with Crippen LogP contribution < -0.4 is 14.9 Å². The standard InChI is InChI=1S/C19H20Cl2N2O4/c1-12(13-5-7-16(24)18(10-13)26-2)22-23-19(25)4-3-9-27-17-8-6-14(20)11-15(17)21/h5-8,10-11,24H,3-4,9H2,1-2H3,(H,23,25). The van der Waals surface area contributed by atoms with Gasteiger partial charge in [-0.1, -0.05) is 23.2 Å². The zero-order valence-corrected chi connectivity index (χ0v) is 16.5. The molecule has 0 atom stereocenters. The van der Waals surface area contributed by atoms with Gasteiger partial charge in [-0.2, -0.15) is 5.10 Å². The Kier molecular flexibility index (Phi) is 7.76. The fourth-order valence-electron chi connectivity index (χ4n) is 2.18. The fraction of sp³-hybridized carbons (Fsp3) is 0.263. The number of hydrogen-bond donors (Lipinski definition) is 2. The van der Waals surface area contributed by atoms with E-state index < -0.39 is 0 Å². The Morgan fingerprint density at radius 1 is 1.19 bits per heavy atom. The molecule has 0 spiro atoms. The van der Waals surface area contributed by atoms with Crippen LogP contribution in [0.2, 0.25) is 10.0 Å². The number of rotatable bonds is 8. The lowest BCUT2D eigenvalue weighted by Gasteiger charge is -2.08. The van der Waals surface area contributed by atoms with Crippen LogP contribution in [0.1, 0.15) is 25.3 Å². The van der Waals surface area contributed by atoms with Crippen LogP contribution in [0.15, 0.2) is 41.5 Å². The lowest BCUT2D eigenvalue weighted by Crippen LogP contribution is -2.19. The molecule has 0 aliphatic rings. The lowest BCUT2D eigenvalue weighted by molar-refractivity contribution is -0.121. The quantitative estimate of drug-likeness (QED) is 0.383. The van der Waals surface area contributed by atoms with Gasteiger partial charge in [0.15, 0.2) is 11.5 Å². The van der Waals surface area contributed by atoms with Crippen molar-refractivity contribution in [1.82, 2.24) is 5.43 Å². The molecule has 0 aromatic heterocycles. The molecule has 0 heterocycles. The second-order valence-corrected chi connectivity index (χ2v) is 6.49. The Morgan fingerprint density at radius 3 is 2.67 bits per heavy atom. The number of hydrazone groups is 1. The number of halogens is 2. The third-order valence-corrected chi connectivity index (χ3v) is 4.18. The van der Waals surface area contributed by atoms with Crippen LogP contribution in [-0.4, -0.2) is 30.4 Å². The predicted molar refractivity (Wildman–Crippen MR) is 106 cm³/mol. The molecule has 2 N–H and O–H groups in total. The topological polar surface area (TPSA) is 80.2 Å². The molecule has 1 amide bonds. The van der Waals surface area contributed by atoms with Gasteiger partial charge >= 0.3 is 0 Å². The molecule has 0 saturated heterocycles. The first-order valence-corrected chi connectivity index (χ1v) is 8.94. The van der Waals surface area contributed by atoms with Gasteiger partial charge in [0.1, 0.15) is 5.75 Å². The van der Waals surface area contributed by atoms with Gasteiger partial charge in [-0.15, -0.1) is 0 Å². The first-order valence-electron chi connectivity index (χ1n) is 8.19. The smallest absolute Gasteiger partial charge is 0.240 e. The van der Waals surface area contributed by atoms with Gasteiger partial charge in [-0.25, -0.2) is 5.43 Å². The number of phenolic OH excluding ortho intramolecular Hbond substituents is 1. The first kappa shape index (κ1) is 20.9. The van der Waals surface area contributed by atoms with E-state index >= 15 is 0 Å². The number of ether oxygens (including phenoxy) is 2. The van der Waals surface area contributed by atoms with Gasteiger partial charge in [-0.3, -0.25) is 4.79 Å². The van der Waals surface area contributed by atoms with Crippen molar-refractivity contribution >= 4 is 34.8 Å². The summed E-state index contributed by atoms with van der Waals surface area (Å²) in [6.07, 6.45) is 0.757. The molecule has 0 saturated carbocycles. The van der Waals surface area contributed by atoms with E-state index in [4.69, 9.17) is 32.7 Å². The Bertz CT molecular complexity index is 840. The lowest BCUT2D eigenvalue weighted by atomic mass is 10.1. The van der Waals surface area contributed by atoms with E-state index in [1.165, 1.54) is 13.2 Å². The summed E-state index contributed by atoms with van der Waals surface area (Å²) in [5.74, 6) is 0.674.